The molecule has 0 saturated heterocycles. The smallest absolute Gasteiger partial charge is 0.230 e. The summed E-state index contributed by atoms with van der Waals surface area (Å²) in [4.78, 5) is 12.8. The molecule has 0 radical (unpaired) electrons. The number of amides is 1. The van der Waals surface area contributed by atoms with Gasteiger partial charge in [-0.05, 0) is 44.5 Å². The van der Waals surface area contributed by atoms with E-state index in [0.29, 0.717) is 6.54 Å². The number of hydrogen-bond donors (Lipinski definition) is 2. The second-order valence-corrected chi connectivity index (χ2v) is 6.05. The fourth-order valence-electron chi connectivity index (χ4n) is 3.11. The maximum atomic E-state index is 13.6. The molecule has 1 unspecified atom stereocenters. The average molecular weight is 329 g/mol. The van der Waals surface area contributed by atoms with E-state index in [9.17, 15) is 9.18 Å². The van der Waals surface area contributed by atoms with Crippen LogP contribution in [0.1, 0.15) is 44.6 Å². The van der Waals surface area contributed by atoms with Gasteiger partial charge in [-0.3, -0.25) is 4.79 Å². The van der Waals surface area contributed by atoms with Crippen LogP contribution in [0.5, 0.6) is 0 Å². The van der Waals surface area contributed by atoms with Crippen molar-refractivity contribution in [3.05, 3.63) is 35.6 Å². The molecule has 0 aliphatic heterocycles. The number of rotatable bonds is 5. The predicted molar refractivity (Wildman–Crippen MR) is 89.9 cm³/mol. The quantitative estimate of drug-likeness (QED) is 0.871. The van der Waals surface area contributed by atoms with Gasteiger partial charge in [-0.15, -0.1) is 12.4 Å². The van der Waals surface area contributed by atoms with Crippen molar-refractivity contribution >= 4 is 18.3 Å². The lowest BCUT2D eigenvalue weighted by Gasteiger charge is -2.36. The van der Waals surface area contributed by atoms with Gasteiger partial charge in [0.15, 0.2) is 0 Å². The first-order chi connectivity index (χ1) is 10.1. The van der Waals surface area contributed by atoms with Crippen LogP contribution in [0.15, 0.2) is 24.3 Å². The molecule has 0 heterocycles. The van der Waals surface area contributed by atoms with Crippen LogP contribution in [0.3, 0.4) is 0 Å². The van der Waals surface area contributed by atoms with Crippen molar-refractivity contribution < 1.29 is 9.18 Å². The molecule has 1 atom stereocenters. The lowest BCUT2D eigenvalue weighted by molar-refractivity contribution is -0.128. The van der Waals surface area contributed by atoms with E-state index in [-0.39, 0.29) is 30.2 Å². The maximum absolute atomic E-state index is 13.6. The Kier molecular flexibility index (Phi) is 7.30. The zero-order valence-electron chi connectivity index (χ0n) is 13.3. The molecule has 0 bridgehead atoms. The van der Waals surface area contributed by atoms with E-state index in [1.54, 1.807) is 6.07 Å². The van der Waals surface area contributed by atoms with Gasteiger partial charge in [0.25, 0.3) is 0 Å². The van der Waals surface area contributed by atoms with Crippen molar-refractivity contribution in [1.29, 1.82) is 0 Å². The van der Waals surface area contributed by atoms with Crippen molar-refractivity contribution in [2.24, 2.45) is 0 Å². The Bertz CT molecular complexity index is 489. The van der Waals surface area contributed by atoms with Crippen molar-refractivity contribution in [1.82, 2.24) is 10.6 Å². The van der Waals surface area contributed by atoms with Crippen LogP contribution >= 0.6 is 12.4 Å². The number of nitrogens with one attached hydrogen (secondary N) is 2. The minimum Gasteiger partial charge on any atom is -0.354 e. The highest BCUT2D eigenvalue weighted by atomic mass is 35.5. The van der Waals surface area contributed by atoms with Crippen molar-refractivity contribution in [3.8, 4) is 0 Å². The van der Waals surface area contributed by atoms with Gasteiger partial charge in [-0.25, -0.2) is 4.39 Å². The summed E-state index contributed by atoms with van der Waals surface area (Å²) in [5.74, 6) is -0.233. The summed E-state index contributed by atoms with van der Waals surface area (Å²) >= 11 is 0. The normalized spacial score (nSPS) is 18.1. The Morgan fingerprint density at radius 1 is 1.32 bits per heavy atom. The average Bonchev–Trinajstić information content (AvgIpc) is 2.52. The maximum Gasteiger partial charge on any atom is 0.230 e. The summed E-state index contributed by atoms with van der Waals surface area (Å²) in [5.41, 5.74) is 0.255. The third kappa shape index (κ3) is 4.20. The number of carbonyl (C=O) groups is 1. The molecule has 3 nitrogen and oxygen atoms in total. The SMILES string of the molecule is CNC(C)CNC(=O)C1(c2cccc(F)c2)CCCCC1.Cl. The molecule has 1 aliphatic rings. The Morgan fingerprint density at radius 3 is 2.59 bits per heavy atom. The number of halogens is 2. The van der Waals surface area contributed by atoms with Crippen molar-refractivity contribution in [2.45, 2.75) is 50.5 Å². The molecule has 124 valence electrons. The van der Waals surface area contributed by atoms with E-state index < -0.39 is 5.41 Å². The minimum atomic E-state index is -0.562. The van der Waals surface area contributed by atoms with Crippen LogP contribution in [-0.4, -0.2) is 25.5 Å². The summed E-state index contributed by atoms with van der Waals surface area (Å²) in [5, 5.41) is 6.15. The van der Waals surface area contributed by atoms with Crippen LogP contribution < -0.4 is 10.6 Å². The summed E-state index contributed by atoms with van der Waals surface area (Å²) in [6.45, 7) is 2.61. The van der Waals surface area contributed by atoms with E-state index in [0.717, 1.165) is 37.7 Å². The van der Waals surface area contributed by atoms with Gasteiger partial charge in [0.05, 0.1) is 5.41 Å². The topological polar surface area (TPSA) is 41.1 Å². The summed E-state index contributed by atoms with van der Waals surface area (Å²) in [7, 11) is 1.87. The summed E-state index contributed by atoms with van der Waals surface area (Å²) in [6.07, 6.45) is 4.79. The highest BCUT2D eigenvalue weighted by Gasteiger charge is 2.41. The Labute approximate surface area is 138 Å². The number of benzene rings is 1. The molecule has 1 amide bonds. The van der Waals surface area contributed by atoms with Crippen LogP contribution in [0.25, 0.3) is 0 Å². The minimum absolute atomic E-state index is 0. The van der Waals surface area contributed by atoms with E-state index in [1.807, 2.05) is 20.0 Å². The van der Waals surface area contributed by atoms with E-state index in [4.69, 9.17) is 0 Å². The molecule has 1 fully saturated rings. The molecule has 1 saturated carbocycles. The first-order valence-electron chi connectivity index (χ1n) is 7.80. The zero-order valence-corrected chi connectivity index (χ0v) is 14.1. The van der Waals surface area contributed by atoms with E-state index >= 15 is 0 Å². The third-order valence-electron chi connectivity index (χ3n) is 4.58. The van der Waals surface area contributed by atoms with Gasteiger partial charge in [-0.1, -0.05) is 31.4 Å². The number of carbonyl (C=O) groups excluding carboxylic acids is 1. The second kappa shape index (κ2) is 8.49. The molecule has 0 spiro atoms. The molecule has 2 N–H and O–H groups in total. The number of hydrogen-bond acceptors (Lipinski definition) is 2. The lowest BCUT2D eigenvalue weighted by atomic mass is 9.68. The van der Waals surface area contributed by atoms with Crippen LogP contribution in [-0.2, 0) is 10.2 Å². The van der Waals surface area contributed by atoms with Gasteiger partial charge in [-0.2, -0.15) is 0 Å². The first-order valence-corrected chi connectivity index (χ1v) is 7.80. The number of likely N-dealkylation sites (N-methyl/N-ethyl adjacent to an activating group) is 1. The van der Waals surface area contributed by atoms with Gasteiger partial charge in [0.2, 0.25) is 5.91 Å². The van der Waals surface area contributed by atoms with Gasteiger partial charge < -0.3 is 10.6 Å². The van der Waals surface area contributed by atoms with Crippen molar-refractivity contribution in [3.63, 3.8) is 0 Å². The van der Waals surface area contributed by atoms with Crippen molar-refractivity contribution in [2.75, 3.05) is 13.6 Å². The third-order valence-corrected chi connectivity index (χ3v) is 4.58. The predicted octanol–water partition coefficient (Wildman–Crippen LogP) is 3.17. The molecule has 1 aromatic rings. The highest BCUT2D eigenvalue weighted by molar-refractivity contribution is 5.88. The fourth-order valence-corrected chi connectivity index (χ4v) is 3.11. The molecule has 2 rings (SSSR count). The van der Waals surface area contributed by atoms with Gasteiger partial charge in [0.1, 0.15) is 5.82 Å². The largest absolute Gasteiger partial charge is 0.354 e. The van der Waals surface area contributed by atoms with Crippen LogP contribution in [0, 0.1) is 5.82 Å². The fraction of sp³-hybridized carbons (Fsp3) is 0.588. The van der Waals surface area contributed by atoms with E-state index in [1.165, 1.54) is 12.1 Å². The van der Waals surface area contributed by atoms with Gasteiger partial charge in [0, 0.05) is 12.6 Å². The molecular weight excluding hydrogens is 303 g/mol. The summed E-state index contributed by atoms with van der Waals surface area (Å²) in [6, 6.07) is 6.76. The Balaban J connectivity index is 0.00000242. The van der Waals surface area contributed by atoms with E-state index in [2.05, 4.69) is 10.6 Å². The molecule has 5 heteroatoms. The zero-order chi connectivity index (χ0) is 15.3. The second-order valence-electron chi connectivity index (χ2n) is 6.05. The molecule has 1 aliphatic carbocycles. The lowest BCUT2D eigenvalue weighted by Crippen LogP contribution is -2.48. The molecule has 0 aromatic heterocycles. The first kappa shape index (κ1) is 18.9. The Hall–Kier alpha value is -1.13. The molecule has 22 heavy (non-hydrogen) atoms. The van der Waals surface area contributed by atoms with Crippen LogP contribution in [0.2, 0.25) is 0 Å². The summed E-state index contributed by atoms with van der Waals surface area (Å²) < 4.78 is 13.6. The molecular formula is C17H26ClFN2O. The van der Waals surface area contributed by atoms with Crippen LogP contribution in [0.4, 0.5) is 4.39 Å². The Morgan fingerprint density at radius 2 is 2.00 bits per heavy atom. The monoisotopic (exact) mass is 328 g/mol. The standard InChI is InChI=1S/C17H25FN2O.ClH/c1-13(19-2)12-20-16(21)17(9-4-3-5-10-17)14-7-6-8-15(18)11-14;/h6-8,11,13,19H,3-5,9-10,12H2,1-2H3,(H,20,21);1H. The highest BCUT2D eigenvalue weighted by Crippen LogP contribution is 2.39. The molecule has 1 aromatic carbocycles. The van der Waals surface area contributed by atoms with Gasteiger partial charge >= 0.3 is 0 Å².